The Kier molecular flexibility index (Phi) is 5.87. The van der Waals surface area contributed by atoms with Gasteiger partial charge in [-0.1, -0.05) is 12.1 Å². The Morgan fingerprint density at radius 1 is 1.11 bits per heavy atom. The van der Waals surface area contributed by atoms with E-state index in [1.807, 2.05) is 45.0 Å². The van der Waals surface area contributed by atoms with Gasteiger partial charge in [0.05, 0.1) is 0 Å². The second-order valence-electron chi connectivity index (χ2n) is 7.75. The van der Waals surface area contributed by atoms with Gasteiger partial charge in [-0.3, -0.25) is 4.57 Å². The Labute approximate surface area is 165 Å². The fourth-order valence-corrected chi connectivity index (χ4v) is 2.95. The Morgan fingerprint density at radius 2 is 1.79 bits per heavy atom. The number of hydrogen-bond donors (Lipinski definition) is 1. The minimum atomic E-state index is -0.475. The fourth-order valence-electron chi connectivity index (χ4n) is 2.95. The minimum Gasteiger partial charge on any atom is -0.444 e. The highest BCUT2D eigenvalue weighted by Crippen LogP contribution is 2.19. The Morgan fingerprint density at radius 3 is 2.36 bits per heavy atom. The summed E-state index contributed by atoms with van der Waals surface area (Å²) in [5.74, 6) is 0. The molecule has 0 saturated carbocycles. The smallest absolute Gasteiger partial charge is 0.410 e. The molecule has 2 aromatic rings. The van der Waals surface area contributed by atoms with Crippen LogP contribution < -0.4 is 10.2 Å². The van der Waals surface area contributed by atoms with E-state index in [4.69, 9.17) is 4.74 Å². The Hall–Kier alpha value is -3.03. The molecule has 1 aromatic heterocycles. The summed E-state index contributed by atoms with van der Waals surface area (Å²) in [5, 5.41) is 2.85. The largest absolute Gasteiger partial charge is 0.444 e. The van der Waals surface area contributed by atoms with Gasteiger partial charge in [0.15, 0.2) is 0 Å². The zero-order valence-electron chi connectivity index (χ0n) is 16.6. The molecule has 0 atom stereocenters. The Bertz CT molecular complexity index is 788. The summed E-state index contributed by atoms with van der Waals surface area (Å²) >= 11 is 0. The van der Waals surface area contributed by atoms with E-state index < -0.39 is 5.60 Å². The van der Waals surface area contributed by atoms with Crippen molar-refractivity contribution in [1.82, 2.24) is 19.8 Å². The van der Waals surface area contributed by atoms with Gasteiger partial charge < -0.3 is 19.9 Å². The van der Waals surface area contributed by atoms with E-state index in [2.05, 4.69) is 15.2 Å². The van der Waals surface area contributed by atoms with Crippen molar-refractivity contribution in [3.05, 3.63) is 48.5 Å². The lowest BCUT2D eigenvalue weighted by molar-refractivity contribution is 0.0240. The van der Waals surface area contributed by atoms with Gasteiger partial charge in [-0.25, -0.2) is 14.6 Å². The normalized spacial score (nSPS) is 14.7. The number of aromatic nitrogens is 2. The maximum Gasteiger partial charge on any atom is 0.410 e. The highest BCUT2D eigenvalue weighted by atomic mass is 16.6. The number of rotatable bonds is 3. The van der Waals surface area contributed by atoms with Crippen LogP contribution in [0.4, 0.5) is 15.3 Å². The number of anilines is 1. The molecule has 1 aliphatic heterocycles. The van der Waals surface area contributed by atoms with Crippen molar-refractivity contribution < 1.29 is 14.3 Å². The van der Waals surface area contributed by atoms with Gasteiger partial charge >= 0.3 is 12.1 Å². The van der Waals surface area contributed by atoms with Gasteiger partial charge in [0.1, 0.15) is 11.9 Å². The lowest BCUT2D eigenvalue weighted by atomic mass is 10.1. The van der Waals surface area contributed by atoms with Crippen molar-refractivity contribution in [3.63, 3.8) is 0 Å². The molecular formula is C20H27N5O3. The number of nitrogens with one attached hydrogen (secondary N) is 1. The van der Waals surface area contributed by atoms with Gasteiger partial charge in [-0.05, 0) is 38.5 Å². The van der Waals surface area contributed by atoms with Crippen LogP contribution in [0, 0.1) is 0 Å². The zero-order valence-corrected chi connectivity index (χ0v) is 16.6. The number of nitrogens with zero attached hydrogens (tertiary/aromatic N) is 4. The number of ether oxygens (including phenoxy) is 1. The average Bonchev–Trinajstić information content (AvgIpc) is 3.20. The molecule has 2 amide bonds. The highest BCUT2D eigenvalue weighted by molar-refractivity contribution is 5.76. The summed E-state index contributed by atoms with van der Waals surface area (Å²) in [7, 11) is 0. The average molecular weight is 385 g/mol. The van der Waals surface area contributed by atoms with E-state index in [0.717, 1.165) is 24.3 Å². The SMILES string of the molecule is CC(C)(C)OC(=O)N1CCN(c2ccc(CNC(=O)n3ccnc3)cc2)CC1. The van der Waals surface area contributed by atoms with E-state index in [0.29, 0.717) is 19.6 Å². The van der Waals surface area contributed by atoms with Gasteiger partial charge in [0, 0.05) is 50.8 Å². The minimum absolute atomic E-state index is 0.208. The third-order valence-corrected chi connectivity index (χ3v) is 4.42. The third kappa shape index (κ3) is 5.25. The van der Waals surface area contributed by atoms with Crippen LogP contribution >= 0.6 is 0 Å². The number of carbonyl (C=O) groups is 2. The summed E-state index contributed by atoms with van der Waals surface area (Å²) in [6, 6.07) is 7.89. The van der Waals surface area contributed by atoms with E-state index in [-0.39, 0.29) is 12.1 Å². The van der Waals surface area contributed by atoms with Crippen LogP contribution in [0.1, 0.15) is 26.3 Å². The first kappa shape index (κ1) is 19.7. The highest BCUT2D eigenvalue weighted by Gasteiger charge is 2.25. The molecule has 0 bridgehead atoms. The van der Waals surface area contributed by atoms with E-state index in [1.165, 1.54) is 10.9 Å². The summed E-state index contributed by atoms with van der Waals surface area (Å²) in [4.78, 5) is 31.9. The summed E-state index contributed by atoms with van der Waals surface area (Å²) < 4.78 is 6.84. The van der Waals surface area contributed by atoms with Crippen molar-refractivity contribution >= 4 is 17.8 Å². The summed E-state index contributed by atoms with van der Waals surface area (Å²) in [6.07, 6.45) is 4.39. The molecule has 8 nitrogen and oxygen atoms in total. The first-order valence-corrected chi connectivity index (χ1v) is 9.40. The molecule has 0 radical (unpaired) electrons. The van der Waals surface area contributed by atoms with Crippen LogP contribution in [-0.2, 0) is 11.3 Å². The number of carbonyl (C=O) groups excluding carboxylic acids is 2. The van der Waals surface area contributed by atoms with Crippen molar-refractivity contribution in [2.24, 2.45) is 0 Å². The van der Waals surface area contributed by atoms with Crippen LogP contribution in [0.25, 0.3) is 0 Å². The number of imidazole rings is 1. The van der Waals surface area contributed by atoms with E-state index in [9.17, 15) is 9.59 Å². The van der Waals surface area contributed by atoms with Gasteiger partial charge in [-0.2, -0.15) is 0 Å². The number of amides is 2. The second-order valence-corrected chi connectivity index (χ2v) is 7.75. The quantitative estimate of drug-likeness (QED) is 0.879. The van der Waals surface area contributed by atoms with Gasteiger partial charge in [0.25, 0.3) is 0 Å². The predicted octanol–water partition coefficient (Wildman–Crippen LogP) is 2.70. The molecule has 8 heteroatoms. The molecular weight excluding hydrogens is 358 g/mol. The van der Waals surface area contributed by atoms with Gasteiger partial charge in [0.2, 0.25) is 0 Å². The maximum absolute atomic E-state index is 12.2. The van der Waals surface area contributed by atoms with Crippen molar-refractivity contribution in [2.75, 3.05) is 31.1 Å². The molecule has 0 unspecified atom stereocenters. The second kappa shape index (κ2) is 8.33. The van der Waals surface area contributed by atoms with Crippen LogP contribution in [0.3, 0.4) is 0 Å². The van der Waals surface area contributed by atoms with E-state index in [1.54, 1.807) is 17.3 Å². The molecule has 1 aliphatic rings. The van der Waals surface area contributed by atoms with Gasteiger partial charge in [-0.15, -0.1) is 0 Å². The summed E-state index contributed by atoms with van der Waals surface area (Å²) in [5.41, 5.74) is 1.65. The fraction of sp³-hybridized carbons (Fsp3) is 0.450. The van der Waals surface area contributed by atoms with Crippen molar-refractivity contribution in [1.29, 1.82) is 0 Å². The van der Waals surface area contributed by atoms with Crippen molar-refractivity contribution in [2.45, 2.75) is 32.9 Å². The van der Waals surface area contributed by atoms with Crippen LogP contribution in [0.2, 0.25) is 0 Å². The topological polar surface area (TPSA) is 79.7 Å². The monoisotopic (exact) mass is 385 g/mol. The number of piperazine rings is 1. The number of hydrogen-bond acceptors (Lipinski definition) is 5. The molecule has 150 valence electrons. The molecule has 28 heavy (non-hydrogen) atoms. The predicted molar refractivity (Wildman–Crippen MR) is 106 cm³/mol. The first-order valence-electron chi connectivity index (χ1n) is 9.40. The van der Waals surface area contributed by atoms with Crippen molar-refractivity contribution in [3.8, 4) is 0 Å². The number of benzene rings is 1. The molecule has 0 spiro atoms. The first-order chi connectivity index (χ1) is 13.3. The Balaban J connectivity index is 1.48. The third-order valence-electron chi connectivity index (χ3n) is 4.42. The zero-order chi connectivity index (χ0) is 20.1. The summed E-state index contributed by atoms with van der Waals surface area (Å²) in [6.45, 7) is 8.87. The lowest BCUT2D eigenvalue weighted by Crippen LogP contribution is -2.50. The molecule has 1 saturated heterocycles. The van der Waals surface area contributed by atoms with Crippen LogP contribution in [-0.4, -0.2) is 58.4 Å². The molecule has 3 rings (SSSR count). The molecule has 1 N–H and O–H groups in total. The van der Waals surface area contributed by atoms with Crippen LogP contribution in [0.15, 0.2) is 43.0 Å². The standard InChI is InChI=1S/C20H27N5O3/c1-20(2,3)28-19(27)24-12-10-23(11-13-24)17-6-4-16(5-7-17)14-22-18(26)25-9-8-21-15-25/h4-9,15H,10-14H2,1-3H3,(H,22,26). The molecule has 2 heterocycles. The lowest BCUT2D eigenvalue weighted by Gasteiger charge is -2.36. The van der Waals surface area contributed by atoms with Crippen LogP contribution in [0.5, 0.6) is 0 Å². The van der Waals surface area contributed by atoms with E-state index >= 15 is 0 Å². The molecule has 0 aliphatic carbocycles. The molecule has 1 fully saturated rings. The maximum atomic E-state index is 12.2. The molecule has 1 aromatic carbocycles.